The van der Waals surface area contributed by atoms with Crippen molar-refractivity contribution in [1.29, 1.82) is 5.26 Å². The minimum absolute atomic E-state index is 0.0563. The number of hydrogen-bond acceptors (Lipinski definition) is 10. The Bertz CT molecular complexity index is 1680. The molecule has 5 unspecified atom stereocenters. The maximum absolute atomic E-state index is 13.1. The van der Waals surface area contributed by atoms with Crippen molar-refractivity contribution >= 4 is 14.2 Å². The summed E-state index contributed by atoms with van der Waals surface area (Å²) in [6, 6.07) is 3.58. The van der Waals surface area contributed by atoms with Gasteiger partial charge in [0.15, 0.2) is 6.23 Å². The summed E-state index contributed by atoms with van der Waals surface area (Å²) in [5.74, 6) is 0. The molecule has 1 fully saturated rings. The number of nitrogens with one attached hydrogen (secondary N) is 1. The van der Waals surface area contributed by atoms with Crippen LogP contribution in [0.4, 0.5) is 0 Å². The summed E-state index contributed by atoms with van der Waals surface area (Å²) in [7, 11) is -0.135. The maximum atomic E-state index is 13.1. The minimum Gasteiger partial charge on any atom is -0.393 e. The van der Waals surface area contributed by atoms with Gasteiger partial charge in [-0.25, -0.2) is 9.46 Å². The Hall–Kier alpha value is -3.17. The molecule has 5 atom stereocenters. The Kier molecular flexibility index (Phi) is 37.2. The topological polar surface area (TPSA) is 140 Å². The van der Waals surface area contributed by atoms with Crippen LogP contribution in [0.15, 0.2) is 75.6 Å². The molecule has 1 aliphatic heterocycles. The summed E-state index contributed by atoms with van der Waals surface area (Å²) in [6.07, 6.45) is 47.7. The van der Waals surface area contributed by atoms with Crippen molar-refractivity contribution in [2.45, 2.75) is 252 Å². The van der Waals surface area contributed by atoms with E-state index in [9.17, 15) is 14.9 Å². The highest BCUT2D eigenvalue weighted by atomic mass is 31.2. The third-order valence-electron chi connectivity index (χ3n) is 12.3. The third kappa shape index (κ3) is 28.5. The highest BCUT2D eigenvalue weighted by molar-refractivity contribution is 7.44. The van der Waals surface area contributed by atoms with Gasteiger partial charge in [0.25, 0.3) is 14.1 Å². The van der Waals surface area contributed by atoms with E-state index >= 15 is 0 Å². The molecule has 1 N–H and O–H groups in total. The number of H-pyrrole nitrogens is 1. The predicted octanol–water partition coefficient (Wildman–Crippen LogP) is 14.9. The Labute approximate surface area is 420 Å². The summed E-state index contributed by atoms with van der Waals surface area (Å²) in [5, 5.41) is 14.1. The number of unbranched alkanes of at least 4 members (excludes halogenated alkanes) is 18. The van der Waals surface area contributed by atoms with E-state index in [4.69, 9.17) is 28.5 Å². The van der Waals surface area contributed by atoms with Gasteiger partial charge in [-0.05, 0) is 118 Å². The second-order valence-corrected chi connectivity index (χ2v) is 20.4. The lowest BCUT2D eigenvalue weighted by Gasteiger charge is -2.38. The molecule has 1 saturated heterocycles. The van der Waals surface area contributed by atoms with Crippen molar-refractivity contribution in [1.82, 2.24) is 14.2 Å². The van der Waals surface area contributed by atoms with E-state index in [0.29, 0.717) is 0 Å². The highest BCUT2D eigenvalue weighted by Gasteiger charge is 2.50. The van der Waals surface area contributed by atoms with Gasteiger partial charge in [-0.2, -0.15) is 5.26 Å². The van der Waals surface area contributed by atoms with E-state index in [1.807, 2.05) is 0 Å². The van der Waals surface area contributed by atoms with Gasteiger partial charge in [-0.15, -0.1) is 0 Å². The van der Waals surface area contributed by atoms with Crippen LogP contribution >= 0.6 is 8.53 Å². The second-order valence-electron chi connectivity index (χ2n) is 19.0. The molecule has 69 heavy (non-hydrogen) atoms. The van der Waals surface area contributed by atoms with Crippen LogP contribution in [-0.4, -0.2) is 70.7 Å². The number of aromatic amines is 1. The molecule has 392 valence electrons. The molecule has 13 heteroatoms. The molecule has 0 radical (unpaired) electrons. The van der Waals surface area contributed by atoms with Gasteiger partial charge in [0.05, 0.1) is 24.8 Å². The number of nitriles is 1. The number of aromatic nitrogens is 2. The number of rotatable bonds is 43. The van der Waals surface area contributed by atoms with Crippen molar-refractivity contribution in [2.24, 2.45) is 5.16 Å². The van der Waals surface area contributed by atoms with Gasteiger partial charge in [0.1, 0.15) is 24.9 Å². The van der Waals surface area contributed by atoms with Crippen LogP contribution in [0.3, 0.4) is 0 Å². The lowest BCUT2D eigenvalue weighted by Crippen LogP contribution is -2.41. The smallest absolute Gasteiger partial charge is 0.330 e. The van der Waals surface area contributed by atoms with Crippen molar-refractivity contribution < 1.29 is 23.4 Å². The molecule has 2 heterocycles. The summed E-state index contributed by atoms with van der Waals surface area (Å²) < 4.78 is 29.2. The Balaban J connectivity index is 2.08. The first-order chi connectivity index (χ1) is 33.7. The Morgan fingerprint density at radius 3 is 1.71 bits per heavy atom. The van der Waals surface area contributed by atoms with Crippen LogP contribution in [0.5, 0.6) is 0 Å². The normalized spacial score (nSPS) is 18.0. The number of hydrogen-bond donors (Lipinski definition) is 1. The average molecular weight is 982 g/mol. The molecule has 0 amide bonds. The zero-order chi connectivity index (χ0) is 50.2. The van der Waals surface area contributed by atoms with Gasteiger partial charge in [-0.3, -0.25) is 14.3 Å². The zero-order valence-electron chi connectivity index (χ0n) is 44.3. The summed E-state index contributed by atoms with van der Waals surface area (Å²) in [6.45, 7) is 13.1. The van der Waals surface area contributed by atoms with Crippen molar-refractivity contribution in [3.8, 4) is 6.07 Å². The van der Waals surface area contributed by atoms with Crippen LogP contribution in [0.1, 0.15) is 221 Å². The molecular formula is C56H96N5O7P. The molecule has 0 bridgehead atoms. The molecule has 2 rings (SSSR count). The van der Waals surface area contributed by atoms with Crippen LogP contribution in [0.2, 0.25) is 0 Å². The third-order valence-corrected chi connectivity index (χ3v) is 14.4. The zero-order valence-corrected chi connectivity index (χ0v) is 45.2. The number of nitrogens with zero attached hydrogens (tertiary/aromatic N) is 4. The number of oxime groups is 1. The van der Waals surface area contributed by atoms with Crippen molar-refractivity contribution in [3.05, 3.63) is 81.7 Å². The summed E-state index contributed by atoms with van der Waals surface area (Å²) in [5.41, 5.74) is -0.0595. The molecule has 1 aliphatic rings. The number of methoxy groups -OCH3 is 1. The van der Waals surface area contributed by atoms with Crippen molar-refractivity contribution in [2.75, 3.05) is 20.3 Å². The van der Waals surface area contributed by atoms with Gasteiger partial charge < -0.3 is 23.4 Å². The quantitative estimate of drug-likeness (QED) is 0.0223. The molecule has 0 saturated carbocycles. The molecule has 0 aliphatic carbocycles. The van der Waals surface area contributed by atoms with Gasteiger partial charge in [0, 0.05) is 31.5 Å². The van der Waals surface area contributed by atoms with E-state index < -0.39 is 44.3 Å². The number of ether oxygens (including phenoxy) is 2. The Morgan fingerprint density at radius 1 is 0.754 bits per heavy atom. The van der Waals surface area contributed by atoms with E-state index in [2.05, 4.69) is 106 Å². The Morgan fingerprint density at radius 2 is 1.25 bits per heavy atom. The fourth-order valence-corrected chi connectivity index (χ4v) is 10.3. The second kappa shape index (κ2) is 41.4. The molecular weight excluding hydrogens is 886 g/mol. The van der Waals surface area contributed by atoms with Crippen LogP contribution < -0.4 is 11.2 Å². The maximum Gasteiger partial charge on any atom is 0.330 e. The fourth-order valence-electron chi connectivity index (χ4n) is 8.52. The van der Waals surface area contributed by atoms with E-state index in [0.717, 1.165) is 69.9 Å². The van der Waals surface area contributed by atoms with E-state index in [-0.39, 0.29) is 31.7 Å². The molecule has 1 aromatic rings. The lowest BCUT2D eigenvalue weighted by molar-refractivity contribution is -0.0717. The predicted molar refractivity (Wildman–Crippen MR) is 287 cm³/mol. The van der Waals surface area contributed by atoms with Gasteiger partial charge >= 0.3 is 5.69 Å². The largest absolute Gasteiger partial charge is 0.393 e. The van der Waals surface area contributed by atoms with E-state index in [1.165, 1.54) is 120 Å². The standard InChI is InChI=1S/C56H96N5O7P/c1-8-10-12-14-16-18-20-22-24-26-28-30-32-34-36-38-41-50(42-39-37-35-33-31-29-27-25-23-21-19-17-15-13-11-9-2)59-65-47-51-53(68-69(66-46-40-44-57)61(48(3)4)49(5)6)54(64-7)55(67-51)60-45-43-52(62)58-56(60)63/h16-19,22-25,43,45,48-49,51,53-55H,8-15,20-21,26-42,46-47H2,1-7H3,(H,58,62,63)/b18-16-,19-17-,24-22-,25-23-. The first-order valence-electron chi connectivity index (χ1n) is 27.2. The SMILES string of the molecule is CCCCC/C=C\C/C=C\CCCCCCCCC(CCCCCCCC/C=C\C/C=C\CCCCC)=NOCC1OC(n2ccc(=O)[nH]c2=O)C(OC)C1OP(OCCC#N)N(C(C)C)C(C)C. The molecule has 1 aromatic heterocycles. The van der Waals surface area contributed by atoms with Gasteiger partial charge in [-0.1, -0.05) is 145 Å². The summed E-state index contributed by atoms with van der Waals surface area (Å²) in [4.78, 5) is 33.6. The molecule has 12 nitrogen and oxygen atoms in total. The average Bonchev–Trinajstić information content (AvgIpc) is 3.66. The van der Waals surface area contributed by atoms with Gasteiger partial charge in [0.2, 0.25) is 0 Å². The minimum atomic E-state index is -1.69. The highest BCUT2D eigenvalue weighted by Crippen LogP contribution is 2.50. The van der Waals surface area contributed by atoms with Crippen molar-refractivity contribution in [3.63, 3.8) is 0 Å². The van der Waals surface area contributed by atoms with Crippen LogP contribution in [-0.2, 0) is 23.4 Å². The lowest BCUT2D eigenvalue weighted by atomic mass is 10.0. The first-order valence-corrected chi connectivity index (χ1v) is 28.3. The summed E-state index contributed by atoms with van der Waals surface area (Å²) >= 11 is 0. The molecule has 0 aromatic carbocycles. The van der Waals surface area contributed by atoms with E-state index in [1.54, 1.807) is 7.11 Å². The van der Waals surface area contributed by atoms with Crippen LogP contribution in [0, 0.1) is 11.3 Å². The number of allylic oxidation sites excluding steroid dienone is 8. The molecule has 0 spiro atoms. The van der Waals surface area contributed by atoms with Crippen LogP contribution in [0.25, 0.3) is 0 Å². The first kappa shape index (κ1) is 61.9. The fraction of sp³-hybridized carbons (Fsp3) is 0.750. The monoisotopic (exact) mass is 982 g/mol.